The first-order valence-electron chi connectivity index (χ1n) is 8.13. The normalized spacial score (nSPS) is 23.2. The molecule has 2 rings (SSSR count). The van der Waals surface area contributed by atoms with Crippen molar-refractivity contribution >= 4 is 0 Å². The standard InChI is InChI=1S/C18H29NO2/c1-13-5-7-18(15(3)8-13)21-12-17(20)11-19-10-16-6-4-14(2)9-16/h5,7-8,14,16-17,19-20H,4,6,9-12H2,1-3H3. The Morgan fingerprint density at radius 2 is 2.14 bits per heavy atom. The van der Waals surface area contributed by atoms with Crippen LogP contribution in [0, 0.1) is 25.7 Å². The van der Waals surface area contributed by atoms with Gasteiger partial charge in [0, 0.05) is 6.54 Å². The van der Waals surface area contributed by atoms with Crippen molar-refractivity contribution in [2.24, 2.45) is 11.8 Å². The number of ether oxygens (including phenoxy) is 1. The number of aryl methyl sites for hydroxylation is 2. The Bertz CT molecular complexity index is 447. The minimum Gasteiger partial charge on any atom is -0.491 e. The van der Waals surface area contributed by atoms with E-state index in [2.05, 4.69) is 25.2 Å². The largest absolute Gasteiger partial charge is 0.491 e. The second kappa shape index (κ2) is 7.81. The van der Waals surface area contributed by atoms with Crippen LogP contribution in [0.3, 0.4) is 0 Å². The zero-order valence-corrected chi connectivity index (χ0v) is 13.6. The predicted octanol–water partition coefficient (Wildman–Crippen LogP) is 3.07. The maximum Gasteiger partial charge on any atom is 0.122 e. The SMILES string of the molecule is Cc1ccc(OCC(O)CNCC2CCC(C)C2)c(C)c1. The van der Waals surface area contributed by atoms with Crippen molar-refractivity contribution in [1.29, 1.82) is 0 Å². The Morgan fingerprint density at radius 3 is 2.81 bits per heavy atom. The molecule has 0 saturated heterocycles. The molecule has 1 aliphatic rings. The Hall–Kier alpha value is -1.06. The van der Waals surface area contributed by atoms with Gasteiger partial charge in [0.1, 0.15) is 18.5 Å². The molecule has 0 spiro atoms. The molecular weight excluding hydrogens is 262 g/mol. The Morgan fingerprint density at radius 1 is 1.33 bits per heavy atom. The van der Waals surface area contributed by atoms with Gasteiger partial charge in [-0.25, -0.2) is 0 Å². The molecule has 1 aromatic rings. The van der Waals surface area contributed by atoms with Gasteiger partial charge >= 0.3 is 0 Å². The van der Waals surface area contributed by atoms with Gasteiger partial charge < -0.3 is 15.2 Å². The molecule has 0 heterocycles. The second-order valence-corrected chi connectivity index (χ2v) is 6.68. The first-order valence-corrected chi connectivity index (χ1v) is 8.13. The lowest BCUT2D eigenvalue weighted by molar-refractivity contribution is 0.105. The minimum atomic E-state index is -0.454. The molecule has 3 unspecified atom stereocenters. The zero-order valence-electron chi connectivity index (χ0n) is 13.6. The van der Waals surface area contributed by atoms with Crippen LogP contribution in [0.2, 0.25) is 0 Å². The van der Waals surface area contributed by atoms with Gasteiger partial charge in [0.25, 0.3) is 0 Å². The van der Waals surface area contributed by atoms with Gasteiger partial charge in [0.2, 0.25) is 0 Å². The van der Waals surface area contributed by atoms with Gasteiger partial charge in [-0.15, -0.1) is 0 Å². The van der Waals surface area contributed by atoms with E-state index < -0.39 is 6.10 Å². The van der Waals surface area contributed by atoms with Crippen LogP contribution >= 0.6 is 0 Å². The van der Waals surface area contributed by atoms with E-state index in [1.807, 2.05) is 19.1 Å². The zero-order chi connectivity index (χ0) is 15.2. The van der Waals surface area contributed by atoms with Gasteiger partial charge in [-0.1, -0.05) is 31.0 Å². The third-order valence-electron chi connectivity index (χ3n) is 4.38. The molecule has 1 saturated carbocycles. The van der Waals surface area contributed by atoms with Crippen LogP contribution in [-0.2, 0) is 0 Å². The molecule has 0 aromatic heterocycles. The van der Waals surface area contributed by atoms with Gasteiger partial charge in [-0.05, 0) is 56.7 Å². The van der Waals surface area contributed by atoms with Crippen molar-refractivity contribution in [2.75, 3.05) is 19.7 Å². The maximum atomic E-state index is 9.99. The quantitative estimate of drug-likeness (QED) is 0.811. The summed E-state index contributed by atoms with van der Waals surface area (Å²) in [6.07, 6.45) is 3.54. The lowest BCUT2D eigenvalue weighted by Gasteiger charge is -2.16. The summed E-state index contributed by atoms with van der Waals surface area (Å²) >= 11 is 0. The molecular formula is C18H29NO2. The van der Waals surface area contributed by atoms with Crippen LogP contribution in [-0.4, -0.2) is 30.9 Å². The highest BCUT2D eigenvalue weighted by Crippen LogP contribution is 2.29. The minimum absolute atomic E-state index is 0.345. The molecule has 1 aromatic carbocycles. The average Bonchev–Trinajstić information content (AvgIpc) is 2.83. The highest BCUT2D eigenvalue weighted by atomic mass is 16.5. The molecule has 1 aliphatic carbocycles. The molecule has 3 nitrogen and oxygen atoms in total. The lowest BCUT2D eigenvalue weighted by Crippen LogP contribution is -2.34. The molecule has 0 radical (unpaired) electrons. The summed E-state index contributed by atoms with van der Waals surface area (Å²) in [7, 11) is 0. The summed E-state index contributed by atoms with van der Waals surface area (Å²) in [5.74, 6) is 2.52. The molecule has 0 amide bonds. The van der Waals surface area contributed by atoms with E-state index in [-0.39, 0.29) is 0 Å². The first-order chi connectivity index (χ1) is 10.0. The molecule has 2 N–H and O–H groups in total. The van der Waals surface area contributed by atoms with Crippen LogP contribution in [0.1, 0.15) is 37.3 Å². The predicted molar refractivity (Wildman–Crippen MR) is 86.8 cm³/mol. The molecule has 118 valence electrons. The van der Waals surface area contributed by atoms with E-state index in [0.29, 0.717) is 13.2 Å². The van der Waals surface area contributed by atoms with Gasteiger partial charge in [0.15, 0.2) is 0 Å². The number of aliphatic hydroxyl groups is 1. The number of rotatable bonds is 7. The number of hydrogen-bond donors (Lipinski definition) is 2. The number of nitrogens with one attached hydrogen (secondary N) is 1. The summed E-state index contributed by atoms with van der Waals surface area (Å²) in [6, 6.07) is 6.11. The molecule has 0 bridgehead atoms. The van der Waals surface area contributed by atoms with Crippen molar-refractivity contribution in [3.8, 4) is 5.75 Å². The van der Waals surface area contributed by atoms with Crippen molar-refractivity contribution in [3.05, 3.63) is 29.3 Å². The van der Waals surface area contributed by atoms with Crippen LogP contribution in [0.5, 0.6) is 5.75 Å². The highest BCUT2D eigenvalue weighted by molar-refractivity contribution is 5.35. The Balaban J connectivity index is 1.64. The number of aliphatic hydroxyl groups excluding tert-OH is 1. The third-order valence-corrected chi connectivity index (χ3v) is 4.38. The van der Waals surface area contributed by atoms with E-state index >= 15 is 0 Å². The van der Waals surface area contributed by atoms with E-state index in [4.69, 9.17) is 4.74 Å². The van der Waals surface area contributed by atoms with Crippen LogP contribution in [0.15, 0.2) is 18.2 Å². The molecule has 1 fully saturated rings. The van der Waals surface area contributed by atoms with Crippen molar-refractivity contribution in [2.45, 2.75) is 46.1 Å². The summed E-state index contributed by atoms with van der Waals surface area (Å²) in [5.41, 5.74) is 2.35. The van der Waals surface area contributed by atoms with Crippen LogP contribution in [0.25, 0.3) is 0 Å². The Labute approximate surface area is 128 Å². The van der Waals surface area contributed by atoms with Crippen LogP contribution in [0.4, 0.5) is 0 Å². The monoisotopic (exact) mass is 291 g/mol. The van der Waals surface area contributed by atoms with Gasteiger partial charge in [0.05, 0.1) is 0 Å². The fourth-order valence-electron chi connectivity index (χ4n) is 3.17. The highest BCUT2D eigenvalue weighted by Gasteiger charge is 2.20. The second-order valence-electron chi connectivity index (χ2n) is 6.68. The van der Waals surface area contributed by atoms with E-state index in [0.717, 1.165) is 29.7 Å². The van der Waals surface area contributed by atoms with Crippen molar-refractivity contribution in [1.82, 2.24) is 5.32 Å². The molecule has 3 atom stereocenters. The third kappa shape index (κ3) is 5.33. The Kier molecular flexibility index (Phi) is 6.07. The fourth-order valence-corrected chi connectivity index (χ4v) is 3.17. The molecule has 3 heteroatoms. The summed E-state index contributed by atoms with van der Waals surface area (Å²) in [6.45, 7) is 8.40. The van der Waals surface area contributed by atoms with E-state index in [1.165, 1.54) is 24.8 Å². The average molecular weight is 291 g/mol. The van der Waals surface area contributed by atoms with Crippen LogP contribution < -0.4 is 10.1 Å². The number of hydrogen-bond acceptors (Lipinski definition) is 3. The summed E-state index contributed by atoms with van der Waals surface area (Å²) < 4.78 is 5.70. The summed E-state index contributed by atoms with van der Waals surface area (Å²) in [4.78, 5) is 0. The van der Waals surface area contributed by atoms with Crippen molar-refractivity contribution in [3.63, 3.8) is 0 Å². The van der Waals surface area contributed by atoms with Crippen molar-refractivity contribution < 1.29 is 9.84 Å². The van der Waals surface area contributed by atoms with Gasteiger partial charge in [-0.3, -0.25) is 0 Å². The van der Waals surface area contributed by atoms with E-state index in [1.54, 1.807) is 0 Å². The summed E-state index contributed by atoms with van der Waals surface area (Å²) in [5, 5.41) is 13.4. The first kappa shape index (κ1) is 16.3. The molecule has 0 aliphatic heterocycles. The lowest BCUT2D eigenvalue weighted by atomic mass is 10.1. The smallest absolute Gasteiger partial charge is 0.122 e. The maximum absolute atomic E-state index is 9.99. The van der Waals surface area contributed by atoms with E-state index in [9.17, 15) is 5.11 Å². The molecule has 21 heavy (non-hydrogen) atoms. The number of benzene rings is 1. The fraction of sp³-hybridized carbons (Fsp3) is 0.667. The van der Waals surface area contributed by atoms with Gasteiger partial charge in [-0.2, -0.15) is 0 Å². The topological polar surface area (TPSA) is 41.5 Å².